The summed E-state index contributed by atoms with van der Waals surface area (Å²) >= 11 is 0. The van der Waals surface area contributed by atoms with Gasteiger partial charge in [-0.2, -0.15) is 0 Å². The highest BCUT2D eigenvalue weighted by molar-refractivity contribution is 5.78. The molecule has 2 rings (SSSR count). The smallest absolute Gasteiger partial charge is 0.314 e. The molecule has 0 aliphatic heterocycles. The summed E-state index contributed by atoms with van der Waals surface area (Å²) in [5.41, 5.74) is 5.89. The summed E-state index contributed by atoms with van der Waals surface area (Å²) in [6.07, 6.45) is 2.15. The summed E-state index contributed by atoms with van der Waals surface area (Å²) in [6.45, 7) is 5.94. The Labute approximate surface area is 142 Å². The highest BCUT2D eigenvalue weighted by Gasteiger charge is 2.26. The highest BCUT2D eigenvalue weighted by atomic mass is 16.6. The lowest BCUT2D eigenvalue weighted by Crippen LogP contribution is -2.29. The first-order chi connectivity index (χ1) is 11.4. The molecule has 1 atom stereocenters. The van der Waals surface area contributed by atoms with E-state index in [0.717, 1.165) is 5.56 Å². The monoisotopic (exact) mass is 328 g/mol. The number of nitrogens with two attached hydrogens (primary N) is 1. The summed E-state index contributed by atoms with van der Waals surface area (Å²) in [4.78, 5) is 16.7. The van der Waals surface area contributed by atoms with Gasteiger partial charge >= 0.3 is 5.97 Å². The number of carbonyl (C=O) groups excluding carboxylic acids is 1. The van der Waals surface area contributed by atoms with Crippen molar-refractivity contribution >= 4 is 5.97 Å². The molecule has 128 valence electrons. The lowest BCUT2D eigenvalue weighted by Gasteiger charge is -2.24. The first-order valence-corrected chi connectivity index (χ1v) is 8.01. The fourth-order valence-electron chi connectivity index (χ4n) is 2.23. The maximum Gasteiger partial charge on any atom is 0.314 e. The van der Waals surface area contributed by atoms with Crippen molar-refractivity contribution in [2.24, 2.45) is 5.73 Å². The van der Waals surface area contributed by atoms with Gasteiger partial charge in [0, 0.05) is 12.3 Å². The van der Waals surface area contributed by atoms with Gasteiger partial charge in [-0.15, -0.1) is 0 Å². The minimum absolute atomic E-state index is 0.286. The Morgan fingerprint density at radius 2 is 1.88 bits per heavy atom. The van der Waals surface area contributed by atoms with Gasteiger partial charge in [0.1, 0.15) is 11.4 Å². The molecule has 1 unspecified atom stereocenters. The van der Waals surface area contributed by atoms with Crippen LogP contribution in [0.2, 0.25) is 0 Å². The molecule has 1 heterocycles. The Bertz CT molecular complexity index is 649. The molecule has 0 radical (unpaired) electrons. The summed E-state index contributed by atoms with van der Waals surface area (Å²) < 4.78 is 11.1. The quantitative estimate of drug-likeness (QED) is 0.819. The average Bonchev–Trinajstić information content (AvgIpc) is 2.53. The number of rotatable bonds is 6. The zero-order chi connectivity index (χ0) is 17.6. The number of esters is 1. The number of hydrogen-bond donors (Lipinski definition) is 1. The Morgan fingerprint density at radius 3 is 2.42 bits per heavy atom. The van der Waals surface area contributed by atoms with Crippen molar-refractivity contribution in [2.45, 2.75) is 38.7 Å². The van der Waals surface area contributed by atoms with Crippen molar-refractivity contribution in [2.75, 3.05) is 6.54 Å². The van der Waals surface area contributed by atoms with Crippen molar-refractivity contribution in [3.63, 3.8) is 0 Å². The van der Waals surface area contributed by atoms with Crippen LogP contribution in [-0.4, -0.2) is 23.1 Å². The number of nitrogens with zero attached hydrogens (tertiary/aromatic N) is 1. The SMILES string of the molecule is CC(C)(C)OC(=O)C(CCN)c1ccc(Oc2ccccc2)nc1. The Balaban J connectivity index is 2.12. The molecule has 0 bridgehead atoms. The summed E-state index contributed by atoms with van der Waals surface area (Å²) in [5.74, 6) is 0.475. The first kappa shape index (κ1) is 17.9. The van der Waals surface area contributed by atoms with E-state index in [1.54, 1.807) is 12.3 Å². The molecule has 24 heavy (non-hydrogen) atoms. The summed E-state index contributed by atoms with van der Waals surface area (Å²) in [7, 11) is 0. The van der Waals surface area contributed by atoms with Gasteiger partial charge in [-0.05, 0) is 51.4 Å². The summed E-state index contributed by atoms with van der Waals surface area (Å²) in [6, 6.07) is 13.0. The number of aromatic nitrogens is 1. The Morgan fingerprint density at radius 1 is 1.17 bits per heavy atom. The predicted octanol–water partition coefficient (Wildman–Crippen LogP) is 3.65. The minimum atomic E-state index is -0.534. The normalized spacial score (nSPS) is 12.5. The van der Waals surface area contributed by atoms with E-state index in [0.29, 0.717) is 24.6 Å². The molecule has 1 aromatic heterocycles. The number of pyridine rings is 1. The van der Waals surface area contributed by atoms with Gasteiger partial charge in [0.15, 0.2) is 0 Å². The number of ether oxygens (including phenoxy) is 2. The molecule has 5 heteroatoms. The number of hydrogen-bond acceptors (Lipinski definition) is 5. The standard InChI is InChI=1S/C19H24N2O3/c1-19(2,3)24-18(22)16(11-12-20)14-9-10-17(21-13-14)23-15-7-5-4-6-8-15/h4-10,13,16H,11-12,20H2,1-3H3. The van der Waals surface area contributed by atoms with E-state index in [2.05, 4.69) is 4.98 Å². The minimum Gasteiger partial charge on any atom is -0.459 e. The number of benzene rings is 1. The molecule has 0 saturated heterocycles. The van der Waals surface area contributed by atoms with Crippen LogP contribution < -0.4 is 10.5 Å². The summed E-state index contributed by atoms with van der Waals surface area (Å²) in [5, 5.41) is 0. The maximum absolute atomic E-state index is 12.4. The first-order valence-electron chi connectivity index (χ1n) is 8.01. The zero-order valence-electron chi connectivity index (χ0n) is 14.4. The van der Waals surface area contributed by atoms with E-state index in [4.69, 9.17) is 15.2 Å². The van der Waals surface area contributed by atoms with Crippen LogP contribution >= 0.6 is 0 Å². The second kappa shape index (κ2) is 7.93. The van der Waals surface area contributed by atoms with Crippen LogP contribution in [0.5, 0.6) is 11.6 Å². The lowest BCUT2D eigenvalue weighted by atomic mass is 9.97. The molecule has 0 spiro atoms. The molecular weight excluding hydrogens is 304 g/mol. The predicted molar refractivity (Wildman–Crippen MR) is 93.0 cm³/mol. The molecule has 5 nitrogen and oxygen atoms in total. The fraction of sp³-hybridized carbons (Fsp3) is 0.368. The van der Waals surface area contributed by atoms with E-state index < -0.39 is 11.5 Å². The molecule has 1 aromatic carbocycles. The largest absolute Gasteiger partial charge is 0.459 e. The van der Waals surface area contributed by atoms with Gasteiger partial charge in [-0.1, -0.05) is 24.3 Å². The zero-order valence-corrected chi connectivity index (χ0v) is 14.4. The van der Waals surface area contributed by atoms with Crippen molar-refractivity contribution in [3.8, 4) is 11.6 Å². The number of carbonyl (C=O) groups is 1. The van der Waals surface area contributed by atoms with Gasteiger partial charge in [0.05, 0.1) is 5.92 Å². The molecule has 0 aliphatic carbocycles. The van der Waals surface area contributed by atoms with E-state index in [1.165, 1.54) is 0 Å². The van der Waals surface area contributed by atoms with Crippen LogP contribution in [0.4, 0.5) is 0 Å². The van der Waals surface area contributed by atoms with Crippen molar-refractivity contribution in [1.82, 2.24) is 4.98 Å². The van der Waals surface area contributed by atoms with Crippen LogP contribution in [0.3, 0.4) is 0 Å². The third-order valence-electron chi connectivity index (χ3n) is 3.27. The van der Waals surface area contributed by atoms with Gasteiger partial charge in [-0.25, -0.2) is 4.98 Å². The van der Waals surface area contributed by atoms with Crippen LogP contribution in [0.15, 0.2) is 48.7 Å². The van der Waals surface area contributed by atoms with E-state index >= 15 is 0 Å². The van der Waals surface area contributed by atoms with Crippen molar-refractivity contribution in [1.29, 1.82) is 0 Å². The van der Waals surface area contributed by atoms with E-state index in [9.17, 15) is 4.79 Å². The van der Waals surface area contributed by atoms with Crippen LogP contribution in [-0.2, 0) is 9.53 Å². The van der Waals surface area contributed by atoms with Gasteiger partial charge in [0.25, 0.3) is 0 Å². The molecule has 2 N–H and O–H groups in total. The molecular formula is C19H24N2O3. The number of para-hydroxylation sites is 1. The lowest BCUT2D eigenvalue weighted by molar-refractivity contribution is -0.156. The molecule has 0 aliphatic rings. The maximum atomic E-state index is 12.4. The van der Waals surface area contributed by atoms with Crippen LogP contribution in [0.25, 0.3) is 0 Å². The Hall–Kier alpha value is -2.40. The van der Waals surface area contributed by atoms with Gasteiger partial charge in [-0.3, -0.25) is 4.79 Å². The highest BCUT2D eigenvalue weighted by Crippen LogP contribution is 2.25. The molecule has 0 saturated carbocycles. The van der Waals surface area contributed by atoms with Gasteiger partial charge in [0.2, 0.25) is 5.88 Å². The second-order valence-corrected chi connectivity index (χ2v) is 6.51. The van der Waals surface area contributed by atoms with Crippen molar-refractivity contribution in [3.05, 3.63) is 54.2 Å². The third-order valence-corrected chi connectivity index (χ3v) is 3.27. The second-order valence-electron chi connectivity index (χ2n) is 6.51. The van der Waals surface area contributed by atoms with Crippen LogP contribution in [0.1, 0.15) is 38.7 Å². The molecule has 2 aromatic rings. The van der Waals surface area contributed by atoms with Crippen LogP contribution in [0, 0.1) is 0 Å². The van der Waals surface area contributed by atoms with Gasteiger partial charge < -0.3 is 15.2 Å². The molecule has 0 amide bonds. The fourth-order valence-corrected chi connectivity index (χ4v) is 2.23. The van der Waals surface area contributed by atoms with E-state index in [-0.39, 0.29) is 5.97 Å². The topological polar surface area (TPSA) is 74.4 Å². The van der Waals surface area contributed by atoms with Crippen molar-refractivity contribution < 1.29 is 14.3 Å². The Kier molecular flexibility index (Phi) is 5.93. The average molecular weight is 328 g/mol. The third kappa shape index (κ3) is 5.35. The molecule has 0 fully saturated rings. The van der Waals surface area contributed by atoms with E-state index in [1.807, 2.05) is 57.2 Å².